The summed E-state index contributed by atoms with van der Waals surface area (Å²) in [6.07, 6.45) is 0.401. The Balaban J connectivity index is 2.37. The van der Waals surface area contributed by atoms with Crippen molar-refractivity contribution in [2.45, 2.75) is 11.2 Å². The number of hydrogen-bond acceptors (Lipinski definition) is 2. The largest absolute Gasteiger partial charge is 0.311 e. The first kappa shape index (κ1) is 11.1. The average molecular weight is 283 g/mol. The van der Waals surface area contributed by atoms with Crippen molar-refractivity contribution in [2.24, 2.45) is 0 Å². The molecule has 16 heavy (non-hydrogen) atoms. The summed E-state index contributed by atoms with van der Waals surface area (Å²) in [6.45, 7) is 0.507. The molecule has 0 bridgehead atoms. The highest BCUT2D eigenvalue weighted by atomic mass is 79.9. The SMILES string of the molecule is N#Cc1cc(F)cc(N2CC(Br)CC2=O)c1. The van der Waals surface area contributed by atoms with Gasteiger partial charge in [0.1, 0.15) is 5.82 Å². The maximum Gasteiger partial charge on any atom is 0.228 e. The highest BCUT2D eigenvalue weighted by Gasteiger charge is 2.29. The lowest BCUT2D eigenvalue weighted by Crippen LogP contribution is -2.24. The van der Waals surface area contributed by atoms with Gasteiger partial charge in [0.2, 0.25) is 5.91 Å². The number of nitrogens with zero attached hydrogens (tertiary/aromatic N) is 2. The normalized spacial score (nSPS) is 19.9. The van der Waals surface area contributed by atoms with Gasteiger partial charge in [0.15, 0.2) is 0 Å². The summed E-state index contributed by atoms with van der Waals surface area (Å²) < 4.78 is 13.2. The van der Waals surface area contributed by atoms with Crippen LogP contribution in [0, 0.1) is 17.1 Å². The van der Waals surface area contributed by atoms with Gasteiger partial charge in [-0.2, -0.15) is 5.26 Å². The topological polar surface area (TPSA) is 44.1 Å². The predicted molar refractivity (Wildman–Crippen MR) is 60.8 cm³/mol. The van der Waals surface area contributed by atoms with Gasteiger partial charge in [-0.05, 0) is 18.2 Å². The molecule has 0 radical (unpaired) electrons. The number of rotatable bonds is 1. The molecule has 0 aromatic heterocycles. The minimum absolute atomic E-state index is 0.0589. The summed E-state index contributed by atoms with van der Waals surface area (Å²) in [5, 5.41) is 8.72. The van der Waals surface area contributed by atoms with E-state index in [1.807, 2.05) is 6.07 Å². The van der Waals surface area contributed by atoms with E-state index in [4.69, 9.17) is 5.26 Å². The lowest BCUT2D eigenvalue weighted by molar-refractivity contribution is -0.117. The van der Waals surface area contributed by atoms with Crippen molar-refractivity contribution >= 4 is 27.5 Å². The minimum Gasteiger partial charge on any atom is -0.311 e. The molecule has 0 saturated carbocycles. The zero-order valence-electron chi connectivity index (χ0n) is 8.28. The second-order valence-electron chi connectivity index (χ2n) is 3.62. The van der Waals surface area contributed by atoms with Crippen molar-refractivity contribution in [3.05, 3.63) is 29.6 Å². The molecular formula is C11H8BrFN2O. The number of halogens is 2. The molecule has 82 valence electrons. The molecule has 3 nitrogen and oxygen atoms in total. The van der Waals surface area contributed by atoms with Gasteiger partial charge in [0.25, 0.3) is 0 Å². The van der Waals surface area contributed by atoms with Gasteiger partial charge < -0.3 is 4.90 Å². The van der Waals surface area contributed by atoms with Crippen LogP contribution in [-0.2, 0) is 4.79 Å². The van der Waals surface area contributed by atoms with Crippen LogP contribution in [0.1, 0.15) is 12.0 Å². The van der Waals surface area contributed by atoms with Crippen molar-refractivity contribution in [3.8, 4) is 6.07 Å². The fourth-order valence-corrected chi connectivity index (χ4v) is 2.27. The lowest BCUT2D eigenvalue weighted by atomic mass is 10.2. The van der Waals surface area contributed by atoms with Crippen LogP contribution >= 0.6 is 15.9 Å². The van der Waals surface area contributed by atoms with E-state index in [0.717, 1.165) is 6.07 Å². The van der Waals surface area contributed by atoms with Crippen molar-refractivity contribution in [2.75, 3.05) is 11.4 Å². The third-order valence-electron chi connectivity index (χ3n) is 2.40. The number of anilines is 1. The number of hydrogen-bond donors (Lipinski definition) is 0. The van der Waals surface area contributed by atoms with E-state index in [0.29, 0.717) is 18.7 Å². The second kappa shape index (κ2) is 4.22. The number of carbonyl (C=O) groups is 1. The first-order valence-corrected chi connectivity index (χ1v) is 5.67. The Labute approximate surface area is 101 Å². The first-order chi connectivity index (χ1) is 7.60. The molecule has 0 N–H and O–H groups in total. The Morgan fingerprint density at radius 1 is 1.50 bits per heavy atom. The smallest absolute Gasteiger partial charge is 0.228 e. The summed E-state index contributed by atoms with van der Waals surface area (Å²) in [4.78, 5) is 13.2. The third kappa shape index (κ3) is 2.07. The summed E-state index contributed by atoms with van der Waals surface area (Å²) >= 11 is 3.35. The molecule has 1 heterocycles. The maximum atomic E-state index is 13.2. The Morgan fingerprint density at radius 2 is 2.25 bits per heavy atom. The highest BCUT2D eigenvalue weighted by molar-refractivity contribution is 9.09. The predicted octanol–water partition coefficient (Wildman–Crippen LogP) is 2.20. The van der Waals surface area contributed by atoms with Gasteiger partial charge in [-0.1, -0.05) is 15.9 Å². The Hall–Kier alpha value is -1.41. The van der Waals surface area contributed by atoms with Crippen molar-refractivity contribution in [3.63, 3.8) is 0 Å². The molecular weight excluding hydrogens is 275 g/mol. The number of benzene rings is 1. The number of alkyl halides is 1. The fraction of sp³-hybridized carbons (Fsp3) is 0.273. The molecule has 2 rings (SSSR count). The fourth-order valence-electron chi connectivity index (χ4n) is 1.71. The van der Waals surface area contributed by atoms with Crippen molar-refractivity contribution in [1.29, 1.82) is 5.26 Å². The van der Waals surface area contributed by atoms with Crippen LogP contribution in [0.25, 0.3) is 0 Å². The Bertz CT molecular complexity index is 483. The molecule has 1 saturated heterocycles. The first-order valence-electron chi connectivity index (χ1n) is 4.75. The summed E-state index contributed by atoms with van der Waals surface area (Å²) in [5.74, 6) is -0.559. The molecule has 0 aliphatic carbocycles. The van der Waals surface area contributed by atoms with E-state index in [1.54, 1.807) is 0 Å². The van der Waals surface area contributed by atoms with E-state index in [1.165, 1.54) is 17.0 Å². The van der Waals surface area contributed by atoms with Gasteiger partial charge >= 0.3 is 0 Å². The third-order valence-corrected chi connectivity index (χ3v) is 3.01. The molecule has 1 amide bonds. The van der Waals surface area contributed by atoms with E-state index < -0.39 is 5.82 Å². The average Bonchev–Trinajstić information content (AvgIpc) is 2.57. The summed E-state index contributed by atoms with van der Waals surface area (Å²) in [6, 6.07) is 5.80. The maximum absolute atomic E-state index is 13.2. The van der Waals surface area contributed by atoms with Crippen LogP contribution < -0.4 is 4.90 Å². The molecule has 1 aromatic carbocycles. The van der Waals surface area contributed by atoms with Crippen LogP contribution in [-0.4, -0.2) is 17.3 Å². The number of carbonyl (C=O) groups excluding carboxylic acids is 1. The van der Waals surface area contributed by atoms with Crippen molar-refractivity contribution in [1.82, 2.24) is 0 Å². The monoisotopic (exact) mass is 282 g/mol. The van der Waals surface area contributed by atoms with Crippen LogP contribution in [0.3, 0.4) is 0 Å². The molecule has 1 atom stereocenters. The molecule has 1 fully saturated rings. The van der Waals surface area contributed by atoms with Gasteiger partial charge in [-0.3, -0.25) is 4.79 Å². The van der Waals surface area contributed by atoms with E-state index in [-0.39, 0.29) is 16.3 Å². The molecule has 1 aliphatic rings. The molecule has 1 unspecified atom stereocenters. The van der Waals surface area contributed by atoms with Crippen molar-refractivity contribution < 1.29 is 9.18 Å². The lowest BCUT2D eigenvalue weighted by Gasteiger charge is -2.16. The van der Waals surface area contributed by atoms with Gasteiger partial charge in [-0.15, -0.1) is 0 Å². The molecule has 1 aromatic rings. The Morgan fingerprint density at radius 3 is 2.81 bits per heavy atom. The molecule has 1 aliphatic heterocycles. The Kier molecular flexibility index (Phi) is 2.92. The van der Waals surface area contributed by atoms with Crippen LogP contribution in [0.15, 0.2) is 18.2 Å². The minimum atomic E-state index is -0.500. The van der Waals surface area contributed by atoms with Gasteiger partial charge in [0, 0.05) is 23.5 Å². The molecule has 5 heteroatoms. The summed E-state index contributed by atoms with van der Waals surface area (Å²) in [5.41, 5.74) is 0.671. The van der Waals surface area contributed by atoms with Crippen LogP contribution in [0.5, 0.6) is 0 Å². The number of nitriles is 1. The van der Waals surface area contributed by atoms with Gasteiger partial charge in [0.05, 0.1) is 11.6 Å². The molecule has 0 spiro atoms. The zero-order valence-corrected chi connectivity index (χ0v) is 9.87. The zero-order chi connectivity index (χ0) is 11.7. The van der Waals surface area contributed by atoms with Crippen LogP contribution in [0.2, 0.25) is 0 Å². The van der Waals surface area contributed by atoms with Crippen LogP contribution in [0.4, 0.5) is 10.1 Å². The van der Waals surface area contributed by atoms with E-state index in [9.17, 15) is 9.18 Å². The van der Waals surface area contributed by atoms with Gasteiger partial charge in [-0.25, -0.2) is 4.39 Å². The highest BCUT2D eigenvalue weighted by Crippen LogP contribution is 2.26. The number of amides is 1. The quantitative estimate of drug-likeness (QED) is 0.742. The van der Waals surface area contributed by atoms with E-state index in [2.05, 4.69) is 15.9 Å². The standard InChI is InChI=1S/C11H8BrFN2O/c12-8-3-11(16)15(6-8)10-2-7(5-14)1-9(13)4-10/h1-2,4,8H,3,6H2. The second-order valence-corrected chi connectivity index (χ2v) is 4.91. The van der Waals surface area contributed by atoms with E-state index >= 15 is 0 Å². The summed E-state index contributed by atoms with van der Waals surface area (Å²) in [7, 11) is 0.